The lowest BCUT2D eigenvalue weighted by Crippen LogP contribution is -2.44. The van der Waals surface area contributed by atoms with Gasteiger partial charge in [0.2, 0.25) is 5.91 Å². The van der Waals surface area contributed by atoms with Crippen molar-refractivity contribution >= 4 is 41.0 Å². The van der Waals surface area contributed by atoms with Crippen LogP contribution in [0.25, 0.3) is 0 Å². The number of aromatic nitrogens is 1. The van der Waals surface area contributed by atoms with Gasteiger partial charge in [0, 0.05) is 24.2 Å². The minimum Gasteiger partial charge on any atom is -0.338 e. The van der Waals surface area contributed by atoms with Crippen LogP contribution >= 0.6 is 23.4 Å². The maximum Gasteiger partial charge on any atom is 0.255 e. The average molecular weight is 404 g/mol. The van der Waals surface area contributed by atoms with E-state index in [-0.39, 0.29) is 17.7 Å². The first kappa shape index (κ1) is 19.7. The van der Waals surface area contributed by atoms with Gasteiger partial charge in [-0.1, -0.05) is 17.7 Å². The van der Waals surface area contributed by atoms with E-state index in [4.69, 9.17) is 11.6 Å². The summed E-state index contributed by atoms with van der Waals surface area (Å²) < 4.78 is 0. The van der Waals surface area contributed by atoms with E-state index in [0.717, 1.165) is 23.3 Å². The molecule has 0 spiro atoms. The highest BCUT2D eigenvalue weighted by Crippen LogP contribution is 2.27. The molecule has 27 heavy (non-hydrogen) atoms. The van der Waals surface area contributed by atoms with Crippen LogP contribution in [0.3, 0.4) is 0 Å². The lowest BCUT2D eigenvalue weighted by Gasteiger charge is -2.32. The van der Waals surface area contributed by atoms with Crippen LogP contribution in [0, 0.1) is 12.8 Å². The molecule has 1 aliphatic rings. The summed E-state index contributed by atoms with van der Waals surface area (Å²) in [6.45, 7) is 2.92. The Bertz CT molecular complexity index is 859. The van der Waals surface area contributed by atoms with Crippen LogP contribution in [0.15, 0.2) is 41.4 Å². The number of carbonyl (C=O) groups is 2. The summed E-state index contributed by atoms with van der Waals surface area (Å²) >= 11 is 7.81. The Kier molecular flexibility index (Phi) is 6.39. The summed E-state index contributed by atoms with van der Waals surface area (Å²) in [6, 6.07) is 9.19. The Hall–Kier alpha value is -2.05. The van der Waals surface area contributed by atoms with Crippen molar-refractivity contribution in [1.82, 2.24) is 9.88 Å². The number of halogens is 1. The SMILES string of the molecule is CSc1ccc(Cl)c(C(=O)N2CCCC(C(=O)Nc3ncccc3C)C2)c1. The van der Waals surface area contributed by atoms with Crippen molar-refractivity contribution in [2.24, 2.45) is 5.92 Å². The monoisotopic (exact) mass is 403 g/mol. The minimum atomic E-state index is -0.258. The Morgan fingerprint density at radius 3 is 2.89 bits per heavy atom. The van der Waals surface area contributed by atoms with Crippen molar-refractivity contribution in [3.63, 3.8) is 0 Å². The number of thioether (sulfide) groups is 1. The number of anilines is 1. The van der Waals surface area contributed by atoms with E-state index in [1.165, 1.54) is 0 Å². The van der Waals surface area contributed by atoms with Crippen molar-refractivity contribution in [1.29, 1.82) is 0 Å². The maximum absolute atomic E-state index is 13.0. The highest BCUT2D eigenvalue weighted by molar-refractivity contribution is 7.98. The second kappa shape index (κ2) is 8.76. The Labute approximate surface area is 168 Å². The van der Waals surface area contributed by atoms with Gasteiger partial charge in [-0.3, -0.25) is 9.59 Å². The number of nitrogens with one attached hydrogen (secondary N) is 1. The third-order valence-electron chi connectivity index (χ3n) is 4.73. The molecule has 1 aromatic heterocycles. The summed E-state index contributed by atoms with van der Waals surface area (Å²) in [5.41, 5.74) is 1.40. The van der Waals surface area contributed by atoms with Gasteiger partial charge in [-0.05, 0) is 55.9 Å². The molecule has 1 unspecified atom stereocenters. The van der Waals surface area contributed by atoms with E-state index >= 15 is 0 Å². The molecular formula is C20H22ClN3O2S. The van der Waals surface area contributed by atoms with Gasteiger partial charge in [0.05, 0.1) is 16.5 Å². The normalized spacial score (nSPS) is 16.9. The standard InChI is InChI=1S/C20H22ClN3O2S/c1-13-5-3-9-22-18(13)23-19(25)14-6-4-10-24(12-14)20(26)16-11-15(27-2)7-8-17(16)21/h3,5,7-9,11,14H,4,6,10,12H2,1-2H3,(H,22,23,25). The number of amides is 2. The Balaban J connectivity index is 1.71. The number of pyridine rings is 1. The van der Waals surface area contributed by atoms with Gasteiger partial charge in [0.1, 0.15) is 5.82 Å². The van der Waals surface area contributed by atoms with Crippen molar-refractivity contribution < 1.29 is 9.59 Å². The fourth-order valence-corrected chi connectivity index (χ4v) is 3.81. The van der Waals surface area contributed by atoms with Crippen LogP contribution in [-0.4, -0.2) is 41.0 Å². The van der Waals surface area contributed by atoms with Gasteiger partial charge < -0.3 is 10.2 Å². The molecule has 0 bridgehead atoms. The third kappa shape index (κ3) is 4.62. The summed E-state index contributed by atoms with van der Waals surface area (Å²) in [5, 5.41) is 3.33. The summed E-state index contributed by atoms with van der Waals surface area (Å²) in [7, 11) is 0. The molecule has 142 valence electrons. The number of aryl methyl sites for hydroxylation is 1. The molecule has 3 rings (SSSR count). The summed E-state index contributed by atoms with van der Waals surface area (Å²) in [4.78, 5) is 32.6. The molecule has 2 amide bonds. The third-order valence-corrected chi connectivity index (χ3v) is 5.79. The van der Waals surface area contributed by atoms with Gasteiger partial charge in [-0.25, -0.2) is 4.98 Å². The van der Waals surface area contributed by atoms with E-state index in [1.54, 1.807) is 28.9 Å². The molecule has 0 saturated carbocycles. The molecule has 7 heteroatoms. The molecule has 1 atom stereocenters. The van der Waals surface area contributed by atoms with Crippen LogP contribution in [0.5, 0.6) is 0 Å². The fraction of sp³-hybridized carbons (Fsp3) is 0.350. The summed E-state index contributed by atoms with van der Waals surface area (Å²) in [5.74, 6) is 0.0916. The van der Waals surface area contributed by atoms with Gasteiger partial charge in [-0.2, -0.15) is 0 Å². The molecular weight excluding hydrogens is 382 g/mol. The van der Waals surface area contributed by atoms with Crippen molar-refractivity contribution in [2.45, 2.75) is 24.7 Å². The number of rotatable bonds is 4. The predicted molar refractivity (Wildman–Crippen MR) is 109 cm³/mol. The first-order valence-corrected chi connectivity index (χ1v) is 10.4. The second-order valence-corrected chi connectivity index (χ2v) is 7.88. The maximum atomic E-state index is 13.0. The minimum absolute atomic E-state index is 0.0988. The van der Waals surface area contributed by atoms with Gasteiger partial charge in [-0.15, -0.1) is 11.8 Å². The number of benzene rings is 1. The van der Waals surface area contributed by atoms with Gasteiger partial charge in [0.15, 0.2) is 0 Å². The molecule has 1 N–H and O–H groups in total. The molecule has 1 aliphatic heterocycles. The van der Waals surface area contributed by atoms with E-state index in [1.807, 2.05) is 37.4 Å². The molecule has 2 aromatic rings. The van der Waals surface area contributed by atoms with Gasteiger partial charge >= 0.3 is 0 Å². The number of piperidine rings is 1. The molecule has 5 nitrogen and oxygen atoms in total. The Morgan fingerprint density at radius 2 is 2.15 bits per heavy atom. The van der Waals surface area contributed by atoms with E-state index < -0.39 is 0 Å². The van der Waals surface area contributed by atoms with Crippen molar-refractivity contribution in [3.8, 4) is 0 Å². The lowest BCUT2D eigenvalue weighted by atomic mass is 9.96. The molecule has 0 aliphatic carbocycles. The number of nitrogens with zero attached hydrogens (tertiary/aromatic N) is 2. The second-order valence-electron chi connectivity index (χ2n) is 6.59. The number of likely N-dealkylation sites (tertiary alicyclic amines) is 1. The lowest BCUT2D eigenvalue weighted by molar-refractivity contribution is -0.121. The van der Waals surface area contributed by atoms with Crippen LogP contribution in [0.4, 0.5) is 5.82 Å². The van der Waals surface area contributed by atoms with Crippen LogP contribution < -0.4 is 5.32 Å². The average Bonchev–Trinajstić information content (AvgIpc) is 2.69. The van der Waals surface area contributed by atoms with E-state index in [2.05, 4.69) is 10.3 Å². The van der Waals surface area contributed by atoms with E-state index in [0.29, 0.717) is 29.5 Å². The molecule has 2 heterocycles. The van der Waals surface area contributed by atoms with Gasteiger partial charge in [0.25, 0.3) is 5.91 Å². The first-order chi connectivity index (χ1) is 13.0. The number of hydrogen-bond acceptors (Lipinski definition) is 4. The zero-order valence-corrected chi connectivity index (χ0v) is 16.9. The van der Waals surface area contributed by atoms with Crippen LogP contribution in [-0.2, 0) is 4.79 Å². The zero-order chi connectivity index (χ0) is 19.4. The summed E-state index contributed by atoms with van der Waals surface area (Å²) in [6.07, 6.45) is 5.14. The number of hydrogen-bond donors (Lipinski definition) is 1. The first-order valence-electron chi connectivity index (χ1n) is 8.85. The molecule has 1 aromatic carbocycles. The van der Waals surface area contributed by atoms with Crippen molar-refractivity contribution in [2.75, 3.05) is 24.7 Å². The zero-order valence-electron chi connectivity index (χ0n) is 15.4. The highest BCUT2D eigenvalue weighted by atomic mass is 35.5. The quantitative estimate of drug-likeness (QED) is 0.775. The fourth-order valence-electron chi connectivity index (χ4n) is 3.18. The highest BCUT2D eigenvalue weighted by Gasteiger charge is 2.30. The van der Waals surface area contributed by atoms with Crippen molar-refractivity contribution in [3.05, 3.63) is 52.7 Å². The predicted octanol–water partition coefficient (Wildman–Crippen LogP) is 4.26. The van der Waals surface area contributed by atoms with E-state index in [9.17, 15) is 9.59 Å². The smallest absolute Gasteiger partial charge is 0.255 e. The molecule has 0 radical (unpaired) electrons. The van der Waals surface area contributed by atoms with Crippen LogP contribution in [0.2, 0.25) is 5.02 Å². The largest absolute Gasteiger partial charge is 0.338 e. The molecule has 1 saturated heterocycles. The Morgan fingerprint density at radius 1 is 1.33 bits per heavy atom. The molecule has 1 fully saturated rings. The van der Waals surface area contributed by atoms with Crippen LogP contribution in [0.1, 0.15) is 28.8 Å². The number of carbonyl (C=O) groups excluding carboxylic acids is 2. The topological polar surface area (TPSA) is 62.3 Å².